The van der Waals surface area contributed by atoms with Crippen LogP contribution in [0.25, 0.3) is 0 Å². The predicted molar refractivity (Wildman–Crippen MR) is 100 cm³/mol. The molecular weight excluding hydrogens is 336 g/mol. The Balaban J connectivity index is 2.01. The molecule has 2 rings (SSSR count). The smallest absolute Gasteiger partial charge is 0.242 e. The molecule has 0 saturated carbocycles. The van der Waals surface area contributed by atoms with Crippen molar-refractivity contribution >= 4 is 23.4 Å². The molecule has 2 aromatic rings. The maximum atomic E-state index is 12.5. The van der Waals surface area contributed by atoms with Gasteiger partial charge >= 0.3 is 0 Å². The maximum absolute atomic E-state index is 12.5. The number of rotatable bonds is 7. The van der Waals surface area contributed by atoms with Gasteiger partial charge in [0.1, 0.15) is 6.04 Å². The lowest BCUT2D eigenvalue weighted by atomic mass is 10.1. The number of hydrogen-bond acceptors (Lipinski definition) is 2. The van der Waals surface area contributed by atoms with Gasteiger partial charge in [-0.25, -0.2) is 0 Å². The molecule has 0 saturated heterocycles. The fraction of sp³-hybridized carbons (Fsp3) is 0.300. The van der Waals surface area contributed by atoms with Crippen molar-refractivity contribution in [2.45, 2.75) is 39.4 Å². The summed E-state index contributed by atoms with van der Waals surface area (Å²) in [4.78, 5) is 26.4. The molecule has 0 fully saturated rings. The second-order valence-electron chi connectivity index (χ2n) is 5.88. The fourth-order valence-corrected chi connectivity index (χ4v) is 2.63. The third kappa shape index (κ3) is 5.61. The Kier molecular flexibility index (Phi) is 7.02. The molecule has 1 N–H and O–H groups in total. The van der Waals surface area contributed by atoms with E-state index in [4.69, 9.17) is 11.6 Å². The van der Waals surface area contributed by atoms with Crippen molar-refractivity contribution in [3.05, 3.63) is 70.7 Å². The molecule has 0 bridgehead atoms. The van der Waals surface area contributed by atoms with Gasteiger partial charge in [0.15, 0.2) is 0 Å². The van der Waals surface area contributed by atoms with Crippen LogP contribution >= 0.6 is 11.6 Å². The number of carbonyl (C=O) groups is 2. The average Bonchev–Trinajstić information content (AvgIpc) is 2.65. The molecule has 0 unspecified atom stereocenters. The van der Waals surface area contributed by atoms with Gasteiger partial charge in [-0.05, 0) is 30.2 Å². The van der Waals surface area contributed by atoms with Crippen LogP contribution in [0.2, 0.25) is 5.02 Å². The molecule has 0 aromatic heterocycles. The van der Waals surface area contributed by atoms with Crippen LogP contribution in [-0.2, 0) is 22.7 Å². The molecule has 0 spiro atoms. The van der Waals surface area contributed by atoms with Crippen LogP contribution in [0, 0.1) is 0 Å². The van der Waals surface area contributed by atoms with Gasteiger partial charge in [-0.1, -0.05) is 61.0 Å². The minimum Gasteiger partial charge on any atom is -0.350 e. The van der Waals surface area contributed by atoms with E-state index in [1.807, 2.05) is 42.5 Å². The predicted octanol–water partition coefficient (Wildman–Crippen LogP) is 3.78. The van der Waals surface area contributed by atoms with Gasteiger partial charge in [0.05, 0.1) is 0 Å². The molecule has 0 aliphatic heterocycles. The second kappa shape index (κ2) is 9.23. The SMILES string of the molecule is CCC(=O)N(Cc1ccccc1)[C@@H](C)C(=O)NCc1ccc(Cl)cc1. The van der Waals surface area contributed by atoms with E-state index in [-0.39, 0.29) is 11.8 Å². The molecule has 4 nitrogen and oxygen atoms in total. The van der Waals surface area contributed by atoms with Crippen LogP contribution in [0.5, 0.6) is 0 Å². The van der Waals surface area contributed by atoms with Crippen molar-refractivity contribution in [1.29, 1.82) is 0 Å². The Morgan fingerprint density at radius 3 is 2.28 bits per heavy atom. The van der Waals surface area contributed by atoms with Gasteiger partial charge in [-0.3, -0.25) is 9.59 Å². The molecule has 5 heteroatoms. The monoisotopic (exact) mass is 358 g/mol. The molecular formula is C20H23ClN2O2. The van der Waals surface area contributed by atoms with E-state index in [9.17, 15) is 9.59 Å². The summed E-state index contributed by atoms with van der Waals surface area (Å²) in [6.07, 6.45) is 0.363. The summed E-state index contributed by atoms with van der Waals surface area (Å²) in [5.74, 6) is -0.217. The van der Waals surface area contributed by atoms with E-state index in [0.717, 1.165) is 11.1 Å². The van der Waals surface area contributed by atoms with Gasteiger partial charge < -0.3 is 10.2 Å². The summed E-state index contributed by atoms with van der Waals surface area (Å²) >= 11 is 5.86. The zero-order chi connectivity index (χ0) is 18.2. The highest BCUT2D eigenvalue weighted by Crippen LogP contribution is 2.12. The van der Waals surface area contributed by atoms with Gasteiger partial charge in [-0.15, -0.1) is 0 Å². The van der Waals surface area contributed by atoms with Gasteiger partial charge in [0.25, 0.3) is 0 Å². The molecule has 0 aliphatic rings. The quantitative estimate of drug-likeness (QED) is 0.818. The van der Waals surface area contributed by atoms with E-state index in [2.05, 4.69) is 5.32 Å². The Hall–Kier alpha value is -2.33. The molecule has 0 radical (unpaired) electrons. The summed E-state index contributed by atoms with van der Waals surface area (Å²) in [5.41, 5.74) is 1.96. The van der Waals surface area contributed by atoms with Crippen molar-refractivity contribution < 1.29 is 9.59 Å². The summed E-state index contributed by atoms with van der Waals surface area (Å²) in [5, 5.41) is 3.55. The number of nitrogens with one attached hydrogen (secondary N) is 1. The van der Waals surface area contributed by atoms with E-state index in [1.165, 1.54) is 0 Å². The number of nitrogens with zero attached hydrogens (tertiary/aromatic N) is 1. The third-order valence-corrected chi connectivity index (χ3v) is 4.30. The largest absolute Gasteiger partial charge is 0.350 e. The minimum absolute atomic E-state index is 0.0435. The molecule has 2 aromatic carbocycles. The first-order valence-corrected chi connectivity index (χ1v) is 8.74. The van der Waals surface area contributed by atoms with Crippen LogP contribution in [0.3, 0.4) is 0 Å². The lowest BCUT2D eigenvalue weighted by Gasteiger charge is -2.28. The molecule has 0 aliphatic carbocycles. The number of carbonyl (C=O) groups excluding carboxylic acids is 2. The van der Waals surface area contributed by atoms with Crippen LogP contribution in [0.1, 0.15) is 31.4 Å². The highest BCUT2D eigenvalue weighted by atomic mass is 35.5. The van der Waals surface area contributed by atoms with Gasteiger partial charge in [-0.2, -0.15) is 0 Å². The summed E-state index contributed by atoms with van der Waals surface area (Å²) in [6, 6.07) is 16.5. The van der Waals surface area contributed by atoms with Crippen LogP contribution in [0.15, 0.2) is 54.6 Å². The van der Waals surface area contributed by atoms with Crippen LogP contribution < -0.4 is 5.32 Å². The van der Waals surface area contributed by atoms with Crippen molar-refractivity contribution in [2.24, 2.45) is 0 Å². The summed E-state index contributed by atoms with van der Waals surface area (Å²) in [6.45, 7) is 4.38. The molecule has 1 atom stereocenters. The van der Waals surface area contributed by atoms with E-state index < -0.39 is 6.04 Å². The Labute approximate surface area is 153 Å². The van der Waals surface area contributed by atoms with Crippen LogP contribution in [0.4, 0.5) is 0 Å². The normalized spacial score (nSPS) is 11.6. The second-order valence-corrected chi connectivity index (χ2v) is 6.32. The van der Waals surface area contributed by atoms with E-state index >= 15 is 0 Å². The van der Waals surface area contributed by atoms with Crippen molar-refractivity contribution in [3.63, 3.8) is 0 Å². The van der Waals surface area contributed by atoms with Gasteiger partial charge in [0.2, 0.25) is 11.8 Å². The first-order valence-electron chi connectivity index (χ1n) is 8.36. The van der Waals surface area contributed by atoms with E-state index in [1.54, 1.807) is 30.9 Å². The number of halogens is 1. The lowest BCUT2D eigenvalue weighted by Crippen LogP contribution is -2.47. The first kappa shape index (κ1) is 19.0. The Bertz CT molecular complexity index is 701. The number of amides is 2. The topological polar surface area (TPSA) is 49.4 Å². The molecule has 0 heterocycles. The third-order valence-electron chi connectivity index (χ3n) is 4.05. The number of benzene rings is 2. The summed E-state index contributed by atoms with van der Waals surface area (Å²) in [7, 11) is 0. The standard InChI is InChI=1S/C20H23ClN2O2/c1-3-19(24)23(14-17-7-5-4-6-8-17)15(2)20(25)22-13-16-9-11-18(21)12-10-16/h4-12,15H,3,13-14H2,1-2H3,(H,22,25)/t15-/m0/s1. The highest BCUT2D eigenvalue weighted by Gasteiger charge is 2.24. The molecule has 132 valence electrons. The van der Waals surface area contributed by atoms with Gasteiger partial charge in [0, 0.05) is 24.5 Å². The fourth-order valence-electron chi connectivity index (χ4n) is 2.50. The average molecular weight is 359 g/mol. The lowest BCUT2D eigenvalue weighted by molar-refractivity contribution is -0.140. The molecule has 25 heavy (non-hydrogen) atoms. The number of hydrogen-bond donors (Lipinski definition) is 1. The first-order chi connectivity index (χ1) is 12.0. The zero-order valence-electron chi connectivity index (χ0n) is 14.5. The Morgan fingerprint density at radius 1 is 1.04 bits per heavy atom. The maximum Gasteiger partial charge on any atom is 0.242 e. The van der Waals surface area contributed by atoms with Crippen LogP contribution in [-0.4, -0.2) is 22.8 Å². The van der Waals surface area contributed by atoms with Crippen molar-refractivity contribution in [3.8, 4) is 0 Å². The van der Waals surface area contributed by atoms with Crippen molar-refractivity contribution in [1.82, 2.24) is 10.2 Å². The Morgan fingerprint density at radius 2 is 1.68 bits per heavy atom. The zero-order valence-corrected chi connectivity index (χ0v) is 15.3. The van der Waals surface area contributed by atoms with E-state index in [0.29, 0.717) is 24.5 Å². The van der Waals surface area contributed by atoms with Crippen molar-refractivity contribution in [2.75, 3.05) is 0 Å². The minimum atomic E-state index is -0.542. The highest BCUT2D eigenvalue weighted by molar-refractivity contribution is 6.30. The summed E-state index contributed by atoms with van der Waals surface area (Å²) < 4.78 is 0. The molecule has 2 amide bonds.